The molecule has 3 rings (SSSR count). The Balaban J connectivity index is 1.70. The molecule has 154 valence electrons. The number of esters is 1. The van der Waals surface area contributed by atoms with E-state index in [1.807, 2.05) is 30.3 Å². The fourth-order valence-electron chi connectivity index (χ4n) is 2.74. The summed E-state index contributed by atoms with van der Waals surface area (Å²) >= 11 is 0. The van der Waals surface area contributed by atoms with Crippen molar-refractivity contribution in [2.45, 2.75) is 11.4 Å². The van der Waals surface area contributed by atoms with Gasteiger partial charge < -0.3 is 10.1 Å². The van der Waals surface area contributed by atoms with E-state index in [4.69, 9.17) is 4.74 Å². The lowest BCUT2D eigenvalue weighted by molar-refractivity contribution is 0.0597. The number of carbonyl (C=O) groups is 2. The second-order valence-electron chi connectivity index (χ2n) is 6.33. The summed E-state index contributed by atoms with van der Waals surface area (Å²) in [7, 11) is -2.46. The van der Waals surface area contributed by atoms with Gasteiger partial charge in [0.15, 0.2) is 0 Å². The molecule has 3 aromatic carbocycles. The third-order valence-electron chi connectivity index (χ3n) is 4.31. The van der Waals surface area contributed by atoms with Crippen molar-refractivity contribution in [1.82, 2.24) is 4.72 Å². The van der Waals surface area contributed by atoms with Gasteiger partial charge in [-0.15, -0.1) is 0 Å². The Morgan fingerprint density at radius 3 is 2.07 bits per heavy atom. The fourth-order valence-corrected chi connectivity index (χ4v) is 3.76. The second kappa shape index (κ2) is 9.34. The minimum atomic E-state index is -3.70. The average molecular weight is 424 g/mol. The lowest BCUT2D eigenvalue weighted by Gasteiger charge is -2.10. The first-order chi connectivity index (χ1) is 14.4. The van der Waals surface area contributed by atoms with Gasteiger partial charge >= 0.3 is 5.97 Å². The Kier molecular flexibility index (Phi) is 6.61. The molecule has 0 saturated carbocycles. The maximum absolute atomic E-state index is 12.5. The first-order valence-electron chi connectivity index (χ1n) is 9.03. The zero-order valence-corrected chi connectivity index (χ0v) is 17.0. The summed E-state index contributed by atoms with van der Waals surface area (Å²) in [6.45, 7) is 0.173. The van der Waals surface area contributed by atoms with Gasteiger partial charge in [-0.2, -0.15) is 0 Å². The molecule has 0 aliphatic rings. The van der Waals surface area contributed by atoms with E-state index in [9.17, 15) is 18.0 Å². The van der Waals surface area contributed by atoms with Crippen molar-refractivity contribution >= 4 is 27.6 Å². The molecule has 0 fully saturated rings. The van der Waals surface area contributed by atoms with Crippen LogP contribution in [0.2, 0.25) is 0 Å². The van der Waals surface area contributed by atoms with E-state index >= 15 is 0 Å². The fraction of sp³-hybridized carbons (Fsp3) is 0.0909. The van der Waals surface area contributed by atoms with E-state index in [0.29, 0.717) is 5.69 Å². The number of hydrogen-bond donors (Lipinski definition) is 2. The number of hydrogen-bond acceptors (Lipinski definition) is 5. The van der Waals surface area contributed by atoms with E-state index in [1.165, 1.54) is 43.5 Å². The van der Waals surface area contributed by atoms with Crippen LogP contribution in [0, 0.1) is 0 Å². The first-order valence-corrected chi connectivity index (χ1v) is 10.5. The highest BCUT2D eigenvalue weighted by molar-refractivity contribution is 7.89. The van der Waals surface area contributed by atoms with Crippen molar-refractivity contribution in [1.29, 1.82) is 0 Å². The van der Waals surface area contributed by atoms with E-state index in [1.54, 1.807) is 12.1 Å². The van der Waals surface area contributed by atoms with Gasteiger partial charge in [-0.3, -0.25) is 4.79 Å². The Morgan fingerprint density at radius 2 is 1.43 bits per heavy atom. The minimum Gasteiger partial charge on any atom is -0.465 e. The van der Waals surface area contributed by atoms with Crippen LogP contribution in [0.3, 0.4) is 0 Å². The highest BCUT2D eigenvalue weighted by Crippen LogP contribution is 2.17. The molecule has 0 aromatic heterocycles. The number of anilines is 1. The topological polar surface area (TPSA) is 102 Å². The molecule has 0 aliphatic carbocycles. The number of amides is 1. The number of rotatable bonds is 7. The van der Waals surface area contributed by atoms with Gasteiger partial charge in [-0.25, -0.2) is 17.9 Å². The lowest BCUT2D eigenvalue weighted by atomic mass is 10.1. The molecule has 1 amide bonds. The van der Waals surface area contributed by atoms with Crippen molar-refractivity contribution in [3.05, 3.63) is 95.6 Å². The van der Waals surface area contributed by atoms with Crippen molar-refractivity contribution in [3.8, 4) is 0 Å². The van der Waals surface area contributed by atoms with Crippen molar-refractivity contribution < 1.29 is 22.7 Å². The summed E-state index contributed by atoms with van der Waals surface area (Å²) < 4.78 is 32.2. The van der Waals surface area contributed by atoms with E-state index < -0.39 is 21.9 Å². The summed E-state index contributed by atoms with van der Waals surface area (Å²) in [4.78, 5) is 24.5. The molecule has 0 unspecified atom stereocenters. The number of ether oxygens (including phenoxy) is 1. The van der Waals surface area contributed by atoms with Crippen LogP contribution in [0.25, 0.3) is 0 Å². The molecule has 0 aliphatic heterocycles. The van der Waals surface area contributed by atoms with Crippen LogP contribution in [0.4, 0.5) is 5.69 Å². The normalized spacial score (nSPS) is 11.0. The smallest absolute Gasteiger partial charge is 0.338 e. The van der Waals surface area contributed by atoms with Crippen molar-refractivity contribution in [3.63, 3.8) is 0 Å². The van der Waals surface area contributed by atoms with Crippen LogP contribution in [0.15, 0.2) is 83.8 Å². The number of nitrogens with one attached hydrogen (secondary N) is 2. The van der Waals surface area contributed by atoms with Gasteiger partial charge in [-0.1, -0.05) is 42.5 Å². The van der Waals surface area contributed by atoms with Crippen LogP contribution in [0.1, 0.15) is 26.3 Å². The van der Waals surface area contributed by atoms with Gasteiger partial charge in [0, 0.05) is 12.2 Å². The average Bonchev–Trinajstić information content (AvgIpc) is 2.78. The molecule has 0 heterocycles. The SMILES string of the molecule is COC(=O)c1ccccc1C(=O)Nc1ccc(S(=O)(=O)NCc2ccccc2)cc1. The van der Waals surface area contributed by atoms with Crippen LogP contribution in [-0.4, -0.2) is 27.4 Å². The largest absolute Gasteiger partial charge is 0.465 e. The maximum atomic E-state index is 12.5. The molecule has 0 atom stereocenters. The Bertz CT molecular complexity index is 1140. The highest BCUT2D eigenvalue weighted by atomic mass is 32.2. The zero-order valence-electron chi connectivity index (χ0n) is 16.2. The predicted molar refractivity (Wildman–Crippen MR) is 113 cm³/mol. The second-order valence-corrected chi connectivity index (χ2v) is 8.09. The Hall–Kier alpha value is -3.49. The third kappa shape index (κ3) is 5.11. The Morgan fingerprint density at radius 1 is 0.833 bits per heavy atom. The minimum absolute atomic E-state index is 0.0754. The molecule has 0 bridgehead atoms. The molecule has 0 saturated heterocycles. The summed E-state index contributed by atoms with van der Waals surface area (Å²) in [5, 5.41) is 2.65. The molecular formula is C22H20N2O5S. The molecule has 0 radical (unpaired) electrons. The van der Waals surface area contributed by atoms with Crippen LogP contribution >= 0.6 is 0 Å². The third-order valence-corrected chi connectivity index (χ3v) is 5.73. The maximum Gasteiger partial charge on any atom is 0.338 e. The molecule has 8 heteroatoms. The van der Waals surface area contributed by atoms with Crippen LogP contribution < -0.4 is 10.0 Å². The molecule has 7 nitrogen and oxygen atoms in total. The molecule has 2 N–H and O–H groups in total. The molecular weight excluding hydrogens is 404 g/mol. The molecule has 3 aromatic rings. The van der Waals surface area contributed by atoms with Gasteiger partial charge in [-0.05, 0) is 42.0 Å². The quantitative estimate of drug-likeness (QED) is 0.567. The summed E-state index contributed by atoms with van der Waals surface area (Å²) in [6, 6.07) is 21.2. The summed E-state index contributed by atoms with van der Waals surface area (Å²) in [5.74, 6) is -1.12. The van der Waals surface area contributed by atoms with Crippen molar-refractivity contribution in [2.75, 3.05) is 12.4 Å². The first kappa shape index (κ1) is 21.2. The summed E-state index contributed by atoms with van der Waals surface area (Å²) in [5.41, 5.74) is 1.53. The van der Waals surface area contributed by atoms with Gasteiger partial charge in [0.05, 0.1) is 23.1 Å². The van der Waals surface area contributed by atoms with E-state index in [0.717, 1.165) is 5.56 Å². The van der Waals surface area contributed by atoms with E-state index in [2.05, 4.69) is 10.0 Å². The number of methoxy groups -OCH3 is 1. The number of benzene rings is 3. The highest BCUT2D eigenvalue weighted by Gasteiger charge is 2.18. The van der Waals surface area contributed by atoms with Crippen LogP contribution in [-0.2, 0) is 21.3 Å². The standard InChI is InChI=1S/C22H20N2O5S/c1-29-22(26)20-10-6-5-9-19(20)21(25)24-17-11-13-18(14-12-17)30(27,28)23-15-16-7-3-2-4-8-16/h2-14,23H,15H2,1H3,(H,24,25). The van der Waals surface area contributed by atoms with E-state index in [-0.39, 0.29) is 22.6 Å². The van der Waals surface area contributed by atoms with Crippen LogP contribution in [0.5, 0.6) is 0 Å². The van der Waals surface area contributed by atoms with Gasteiger partial charge in [0.2, 0.25) is 10.0 Å². The molecule has 0 spiro atoms. The number of sulfonamides is 1. The Labute approximate surface area is 174 Å². The predicted octanol–water partition coefficient (Wildman–Crippen LogP) is 3.20. The van der Waals surface area contributed by atoms with Gasteiger partial charge in [0.25, 0.3) is 5.91 Å². The monoisotopic (exact) mass is 424 g/mol. The molecule has 30 heavy (non-hydrogen) atoms. The van der Waals surface area contributed by atoms with Gasteiger partial charge in [0.1, 0.15) is 0 Å². The lowest BCUT2D eigenvalue weighted by Crippen LogP contribution is -2.23. The van der Waals surface area contributed by atoms with Crippen molar-refractivity contribution in [2.24, 2.45) is 0 Å². The summed E-state index contributed by atoms with van der Waals surface area (Å²) in [6.07, 6.45) is 0. The zero-order chi connectivity index (χ0) is 21.6. The number of carbonyl (C=O) groups excluding carboxylic acids is 2.